The van der Waals surface area contributed by atoms with E-state index in [0.717, 1.165) is 15.2 Å². The van der Waals surface area contributed by atoms with E-state index in [1.807, 2.05) is 5.38 Å². The molecule has 2 N–H and O–H groups in total. The zero-order chi connectivity index (χ0) is 15.8. The lowest BCUT2D eigenvalue weighted by atomic mass is 10.3. The van der Waals surface area contributed by atoms with Crippen LogP contribution in [-0.2, 0) is 10.0 Å². The predicted molar refractivity (Wildman–Crippen MR) is 78.5 cm³/mol. The first-order valence-corrected chi connectivity index (χ1v) is 8.33. The van der Waals surface area contributed by atoms with Gasteiger partial charge in [0, 0.05) is 18.0 Å². The maximum absolute atomic E-state index is 13.8. The van der Waals surface area contributed by atoms with Crippen molar-refractivity contribution in [3.63, 3.8) is 0 Å². The molecule has 0 spiro atoms. The van der Waals surface area contributed by atoms with Crippen molar-refractivity contribution in [2.75, 3.05) is 12.8 Å². The molecule has 1 atom stereocenters. The normalized spacial score (nSPS) is 13.6. The number of rotatable bonds is 4. The van der Waals surface area contributed by atoms with Crippen LogP contribution in [0.15, 0.2) is 34.5 Å². The van der Waals surface area contributed by atoms with Crippen LogP contribution < -0.4 is 5.73 Å². The number of nitrogens with zero attached hydrogens (tertiary/aromatic N) is 1. The van der Waals surface area contributed by atoms with Crippen LogP contribution in [0.1, 0.15) is 17.8 Å². The highest BCUT2D eigenvalue weighted by molar-refractivity contribution is 7.89. The second kappa shape index (κ2) is 5.70. The first kappa shape index (κ1) is 15.9. The fourth-order valence-corrected chi connectivity index (χ4v) is 4.13. The maximum atomic E-state index is 13.8. The highest BCUT2D eigenvalue weighted by atomic mass is 32.2. The summed E-state index contributed by atoms with van der Waals surface area (Å²) in [5, 5.41) is 1.82. The number of hydrogen-bond acceptors (Lipinski definition) is 4. The molecular formula is C13H14F2N2O2S2. The lowest BCUT2D eigenvalue weighted by Crippen LogP contribution is -2.30. The van der Waals surface area contributed by atoms with Crippen LogP contribution in [0.4, 0.5) is 14.5 Å². The van der Waals surface area contributed by atoms with Gasteiger partial charge in [0.15, 0.2) is 0 Å². The summed E-state index contributed by atoms with van der Waals surface area (Å²) in [6.45, 7) is 1.69. The molecule has 0 saturated heterocycles. The van der Waals surface area contributed by atoms with Gasteiger partial charge < -0.3 is 5.73 Å². The van der Waals surface area contributed by atoms with E-state index in [4.69, 9.17) is 5.73 Å². The zero-order valence-electron chi connectivity index (χ0n) is 11.4. The molecule has 1 aromatic heterocycles. The van der Waals surface area contributed by atoms with E-state index in [2.05, 4.69) is 0 Å². The summed E-state index contributed by atoms with van der Waals surface area (Å²) in [6.07, 6.45) is 0. The van der Waals surface area contributed by atoms with Crippen molar-refractivity contribution in [1.82, 2.24) is 4.31 Å². The molecule has 1 heterocycles. The first-order chi connectivity index (χ1) is 9.75. The number of sulfonamides is 1. The molecule has 0 fully saturated rings. The van der Waals surface area contributed by atoms with E-state index in [9.17, 15) is 17.2 Å². The minimum atomic E-state index is -4.12. The summed E-state index contributed by atoms with van der Waals surface area (Å²) in [4.78, 5) is 0.184. The van der Waals surface area contributed by atoms with Crippen molar-refractivity contribution in [2.45, 2.75) is 17.9 Å². The third kappa shape index (κ3) is 2.92. The average Bonchev–Trinajstić information content (AvgIpc) is 2.95. The van der Waals surface area contributed by atoms with Crippen molar-refractivity contribution in [2.24, 2.45) is 0 Å². The van der Waals surface area contributed by atoms with Gasteiger partial charge in [0.1, 0.15) is 16.5 Å². The molecule has 0 amide bonds. The smallest absolute Gasteiger partial charge is 0.246 e. The minimum absolute atomic E-state index is 0.410. The summed E-state index contributed by atoms with van der Waals surface area (Å²) in [5.41, 5.74) is 4.92. The maximum Gasteiger partial charge on any atom is 0.246 e. The van der Waals surface area contributed by atoms with Crippen LogP contribution >= 0.6 is 11.3 Å². The molecule has 114 valence electrons. The Bertz CT molecular complexity index is 746. The van der Waals surface area contributed by atoms with E-state index >= 15 is 0 Å². The fourth-order valence-electron chi connectivity index (χ4n) is 1.81. The third-order valence-electron chi connectivity index (χ3n) is 3.21. The topological polar surface area (TPSA) is 63.4 Å². The number of benzene rings is 1. The van der Waals surface area contributed by atoms with Crippen molar-refractivity contribution >= 4 is 27.0 Å². The van der Waals surface area contributed by atoms with Gasteiger partial charge in [-0.25, -0.2) is 17.2 Å². The Morgan fingerprint density at radius 2 is 1.95 bits per heavy atom. The molecule has 2 aromatic rings. The number of anilines is 1. The Kier molecular flexibility index (Phi) is 4.31. The van der Waals surface area contributed by atoms with Gasteiger partial charge in [0.25, 0.3) is 0 Å². The first-order valence-electron chi connectivity index (χ1n) is 6.01. The molecule has 21 heavy (non-hydrogen) atoms. The van der Waals surface area contributed by atoms with Crippen LogP contribution in [0.25, 0.3) is 0 Å². The lowest BCUT2D eigenvalue weighted by molar-refractivity contribution is 0.399. The fraction of sp³-hybridized carbons (Fsp3) is 0.231. The van der Waals surface area contributed by atoms with Gasteiger partial charge in [0.05, 0.1) is 11.7 Å². The molecule has 0 aliphatic carbocycles. The minimum Gasteiger partial charge on any atom is -0.396 e. The van der Waals surface area contributed by atoms with Gasteiger partial charge in [-0.3, -0.25) is 0 Å². The van der Waals surface area contributed by atoms with E-state index < -0.39 is 38.3 Å². The number of hydrogen-bond donors (Lipinski definition) is 1. The monoisotopic (exact) mass is 332 g/mol. The molecule has 4 nitrogen and oxygen atoms in total. The number of thiophene rings is 1. The molecule has 1 unspecified atom stereocenters. The van der Waals surface area contributed by atoms with Crippen molar-refractivity contribution in [3.05, 3.63) is 46.2 Å². The summed E-state index contributed by atoms with van der Waals surface area (Å²) >= 11 is 1.40. The number of halogens is 2. The Hall–Kier alpha value is -1.51. The molecule has 0 aliphatic heterocycles. The molecule has 2 rings (SSSR count). The predicted octanol–water partition coefficient (Wildman–Crippen LogP) is 2.99. The lowest BCUT2D eigenvalue weighted by Gasteiger charge is -2.23. The summed E-state index contributed by atoms with van der Waals surface area (Å²) in [6, 6.07) is 4.40. The van der Waals surface area contributed by atoms with Gasteiger partial charge in [-0.05, 0) is 24.4 Å². The van der Waals surface area contributed by atoms with Gasteiger partial charge >= 0.3 is 0 Å². The van der Waals surface area contributed by atoms with Gasteiger partial charge in [-0.15, -0.1) is 11.3 Å². The highest BCUT2D eigenvalue weighted by Crippen LogP contribution is 2.30. The van der Waals surface area contributed by atoms with E-state index in [1.54, 1.807) is 19.1 Å². The molecule has 8 heteroatoms. The number of nitrogens with two attached hydrogens (primary N) is 1. The zero-order valence-corrected chi connectivity index (χ0v) is 13.0. The molecular weight excluding hydrogens is 318 g/mol. The molecule has 0 saturated carbocycles. The third-order valence-corrected chi connectivity index (χ3v) is 6.19. The van der Waals surface area contributed by atoms with Crippen LogP contribution in [0.5, 0.6) is 0 Å². The van der Waals surface area contributed by atoms with Crippen LogP contribution in [-0.4, -0.2) is 19.8 Å². The van der Waals surface area contributed by atoms with Crippen molar-refractivity contribution in [3.8, 4) is 0 Å². The standard InChI is InChI=1S/C13H14F2N2O2S2/c1-8(12-4-3-5-20-12)17(2)21(18,19)13-7-11(16)9(14)6-10(13)15/h3-8H,16H2,1-2H3. The van der Waals surface area contributed by atoms with E-state index in [0.29, 0.717) is 6.07 Å². The van der Waals surface area contributed by atoms with Crippen LogP contribution in [0.2, 0.25) is 0 Å². The Labute approximate surface area is 125 Å². The Balaban J connectivity index is 2.45. The van der Waals surface area contributed by atoms with E-state index in [1.165, 1.54) is 18.4 Å². The largest absolute Gasteiger partial charge is 0.396 e. The average molecular weight is 332 g/mol. The summed E-state index contributed by atoms with van der Waals surface area (Å²) in [5.74, 6) is -2.15. The van der Waals surface area contributed by atoms with E-state index in [-0.39, 0.29) is 0 Å². The molecule has 0 aliphatic rings. The quantitative estimate of drug-likeness (QED) is 0.876. The molecule has 0 radical (unpaired) electrons. The van der Waals surface area contributed by atoms with Gasteiger partial charge in [-0.2, -0.15) is 4.31 Å². The van der Waals surface area contributed by atoms with Gasteiger partial charge in [-0.1, -0.05) is 6.07 Å². The second-order valence-electron chi connectivity index (χ2n) is 4.52. The molecule has 0 bridgehead atoms. The Morgan fingerprint density at radius 1 is 1.29 bits per heavy atom. The number of nitrogen functional groups attached to an aromatic ring is 1. The summed E-state index contributed by atoms with van der Waals surface area (Å²) in [7, 11) is -2.77. The summed E-state index contributed by atoms with van der Waals surface area (Å²) < 4.78 is 52.9. The van der Waals surface area contributed by atoms with Crippen molar-refractivity contribution in [1.29, 1.82) is 0 Å². The van der Waals surface area contributed by atoms with Gasteiger partial charge in [0.2, 0.25) is 10.0 Å². The highest BCUT2D eigenvalue weighted by Gasteiger charge is 2.30. The van der Waals surface area contributed by atoms with Crippen LogP contribution in [0, 0.1) is 11.6 Å². The second-order valence-corrected chi connectivity index (χ2v) is 7.46. The van der Waals surface area contributed by atoms with Crippen LogP contribution in [0.3, 0.4) is 0 Å². The SMILES string of the molecule is CC(c1cccs1)N(C)S(=O)(=O)c1cc(N)c(F)cc1F. The Morgan fingerprint density at radius 3 is 2.52 bits per heavy atom. The van der Waals surface area contributed by atoms with Crippen molar-refractivity contribution < 1.29 is 17.2 Å². The molecule has 1 aromatic carbocycles.